The van der Waals surface area contributed by atoms with Gasteiger partial charge < -0.3 is 14.7 Å². The van der Waals surface area contributed by atoms with Crippen LogP contribution in [-0.4, -0.2) is 41.7 Å². The average molecular weight is 260 g/mol. The van der Waals surface area contributed by atoms with Crippen LogP contribution in [0.5, 0.6) is 5.75 Å². The zero-order valence-corrected chi connectivity index (χ0v) is 10.6. The Hall–Kier alpha value is -2.06. The summed E-state index contributed by atoms with van der Waals surface area (Å²) in [5, 5.41) is 18.2. The predicted molar refractivity (Wildman–Crippen MR) is 68.5 cm³/mol. The van der Waals surface area contributed by atoms with Gasteiger partial charge in [-0.3, -0.25) is 4.79 Å². The summed E-state index contributed by atoms with van der Waals surface area (Å²) in [7, 11) is 0. The van der Waals surface area contributed by atoms with E-state index in [1.807, 2.05) is 6.07 Å². The first-order valence-electron chi connectivity index (χ1n) is 6.28. The minimum absolute atomic E-state index is 0.0430. The number of piperidine rings is 1. The van der Waals surface area contributed by atoms with E-state index in [0.717, 1.165) is 12.8 Å². The molecule has 0 aliphatic carbocycles. The van der Waals surface area contributed by atoms with Crippen molar-refractivity contribution in [3.05, 3.63) is 29.8 Å². The van der Waals surface area contributed by atoms with Gasteiger partial charge in [-0.2, -0.15) is 5.26 Å². The number of carbonyl (C=O) groups excluding carboxylic acids is 1. The summed E-state index contributed by atoms with van der Waals surface area (Å²) in [6, 6.07) is 8.63. The van der Waals surface area contributed by atoms with Crippen molar-refractivity contribution < 1.29 is 14.6 Å². The van der Waals surface area contributed by atoms with Crippen LogP contribution in [0.25, 0.3) is 0 Å². The Bertz CT molecular complexity index is 478. The molecule has 1 fully saturated rings. The van der Waals surface area contributed by atoms with Crippen LogP contribution in [0.2, 0.25) is 0 Å². The highest BCUT2D eigenvalue weighted by Gasteiger charge is 2.22. The molecule has 0 aromatic heterocycles. The molecule has 0 spiro atoms. The number of hydrogen-bond acceptors (Lipinski definition) is 4. The van der Waals surface area contributed by atoms with Crippen molar-refractivity contribution in [2.24, 2.45) is 0 Å². The number of carbonyl (C=O) groups is 1. The Kier molecular flexibility index (Phi) is 4.37. The van der Waals surface area contributed by atoms with Gasteiger partial charge in [-0.1, -0.05) is 0 Å². The van der Waals surface area contributed by atoms with E-state index in [1.165, 1.54) is 0 Å². The molecule has 5 heteroatoms. The number of nitriles is 1. The van der Waals surface area contributed by atoms with Gasteiger partial charge in [-0.25, -0.2) is 0 Å². The highest BCUT2D eigenvalue weighted by Crippen LogP contribution is 2.13. The zero-order valence-electron chi connectivity index (χ0n) is 10.6. The molecule has 0 unspecified atom stereocenters. The topological polar surface area (TPSA) is 73.6 Å². The third-order valence-electron chi connectivity index (χ3n) is 3.09. The molecule has 2 rings (SSSR count). The Morgan fingerprint density at radius 1 is 1.47 bits per heavy atom. The number of amides is 1. The van der Waals surface area contributed by atoms with Crippen LogP contribution in [-0.2, 0) is 4.79 Å². The van der Waals surface area contributed by atoms with E-state index in [9.17, 15) is 9.90 Å². The molecular formula is C14H16N2O3. The molecule has 1 aliphatic rings. The standard InChI is InChI=1S/C14H16N2O3/c15-8-11-3-5-13(6-4-11)19-10-14(18)16-7-1-2-12(17)9-16/h3-6,12,17H,1-2,7,9-10H2/t12-/m1/s1. The molecule has 19 heavy (non-hydrogen) atoms. The summed E-state index contributed by atoms with van der Waals surface area (Å²) < 4.78 is 5.37. The Labute approximate surface area is 112 Å². The van der Waals surface area contributed by atoms with E-state index in [2.05, 4.69) is 0 Å². The van der Waals surface area contributed by atoms with Crippen molar-refractivity contribution >= 4 is 5.91 Å². The summed E-state index contributed by atoms with van der Waals surface area (Å²) in [5.41, 5.74) is 0.554. The van der Waals surface area contributed by atoms with Gasteiger partial charge in [0, 0.05) is 13.1 Å². The molecule has 5 nitrogen and oxygen atoms in total. The Morgan fingerprint density at radius 2 is 2.21 bits per heavy atom. The third kappa shape index (κ3) is 3.70. The average Bonchev–Trinajstić information content (AvgIpc) is 2.45. The smallest absolute Gasteiger partial charge is 0.260 e. The second kappa shape index (κ2) is 6.21. The third-order valence-corrected chi connectivity index (χ3v) is 3.09. The van der Waals surface area contributed by atoms with Crippen LogP contribution < -0.4 is 4.74 Å². The van der Waals surface area contributed by atoms with Gasteiger partial charge >= 0.3 is 0 Å². The van der Waals surface area contributed by atoms with Gasteiger partial charge in [0.25, 0.3) is 5.91 Å². The van der Waals surface area contributed by atoms with Crippen molar-refractivity contribution in [3.63, 3.8) is 0 Å². The Morgan fingerprint density at radius 3 is 2.84 bits per heavy atom. The molecule has 1 aromatic carbocycles. The van der Waals surface area contributed by atoms with Crippen LogP contribution in [0.1, 0.15) is 18.4 Å². The van der Waals surface area contributed by atoms with Crippen LogP contribution >= 0.6 is 0 Å². The van der Waals surface area contributed by atoms with Crippen molar-refractivity contribution in [2.45, 2.75) is 18.9 Å². The normalized spacial score (nSPS) is 18.7. The van der Waals surface area contributed by atoms with Gasteiger partial charge in [0.05, 0.1) is 17.7 Å². The van der Waals surface area contributed by atoms with Gasteiger partial charge in [0.15, 0.2) is 6.61 Å². The lowest BCUT2D eigenvalue weighted by molar-refractivity contribution is -0.136. The maximum absolute atomic E-state index is 11.9. The first kappa shape index (κ1) is 13.4. The SMILES string of the molecule is N#Cc1ccc(OCC(=O)N2CCC[C@@H](O)C2)cc1. The van der Waals surface area contributed by atoms with E-state index in [0.29, 0.717) is 24.4 Å². The van der Waals surface area contributed by atoms with Crippen LogP contribution in [0.4, 0.5) is 0 Å². The molecule has 0 radical (unpaired) electrons. The number of aliphatic hydroxyl groups excluding tert-OH is 1. The fourth-order valence-electron chi connectivity index (χ4n) is 2.04. The number of aliphatic hydroxyl groups is 1. The van der Waals surface area contributed by atoms with Gasteiger partial charge in [-0.05, 0) is 37.1 Å². The molecule has 1 saturated heterocycles. The first-order chi connectivity index (χ1) is 9.19. The van der Waals surface area contributed by atoms with E-state index >= 15 is 0 Å². The molecule has 1 atom stereocenters. The van der Waals surface area contributed by atoms with E-state index in [1.54, 1.807) is 29.2 Å². The molecule has 1 heterocycles. The summed E-state index contributed by atoms with van der Waals surface area (Å²) in [4.78, 5) is 13.5. The van der Waals surface area contributed by atoms with Crippen molar-refractivity contribution in [1.82, 2.24) is 4.90 Å². The number of hydrogen-bond donors (Lipinski definition) is 1. The molecule has 1 N–H and O–H groups in total. The monoisotopic (exact) mass is 260 g/mol. The number of nitrogens with zero attached hydrogens (tertiary/aromatic N) is 2. The number of ether oxygens (including phenoxy) is 1. The van der Waals surface area contributed by atoms with E-state index in [4.69, 9.17) is 10.00 Å². The van der Waals surface area contributed by atoms with Crippen molar-refractivity contribution in [3.8, 4) is 11.8 Å². The second-order valence-corrected chi connectivity index (χ2v) is 4.56. The molecule has 100 valence electrons. The van der Waals surface area contributed by atoms with E-state index < -0.39 is 6.10 Å². The summed E-state index contributed by atoms with van der Waals surface area (Å²) in [5.74, 6) is 0.438. The minimum Gasteiger partial charge on any atom is -0.484 e. The van der Waals surface area contributed by atoms with Gasteiger partial charge in [-0.15, -0.1) is 0 Å². The van der Waals surface area contributed by atoms with Crippen molar-refractivity contribution in [2.75, 3.05) is 19.7 Å². The van der Waals surface area contributed by atoms with Crippen LogP contribution in [0, 0.1) is 11.3 Å². The lowest BCUT2D eigenvalue weighted by Crippen LogP contribution is -2.44. The molecular weight excluding hydrogens is 244 g/mol. The Balaban J connectivity index is 1.84. The minimum atomic E-state index is -0.424. The molecule has 1 aromatic rings. The summed E-state index contributed by atoms with van der Waals surface area (Å²) >= 11 is 0. The fourth-order valence-corrected chi connectivity index (χ4v) is 2.04. The predicted octanol–water partition coefficient (Wildman–Crippen LogP) is 0.920. The number of rotatable bonds is 3. The maximum atomic E-state index is 11.9. The molecule has 1 amide bonds. The fraction of sp³-hybridized carbons (Fsp3) is 0.429. The number of β-amino-alcohol motifs (C(OH)–C–C–N with tert-alkyl or cyclic N) is 1. The quantitative estimate of drug-likeness (QED) is 0.877. The summed E-state index contributed by atoms with van der Waals surface area (Å²) in [6.07, 6.45) is 1.15. The highest BCUT2D eigenvalue weighted by molar-refractivity contribution is 5.77. The largest absolute Gasteiger partial charge is 0.484 e. The van der Waals surface area contributed by atoms with Crippen LogP contribution in [0.3, 0.4) is 0 Å². The van der Waals surface area contributed by atoms with Gasteiger partial charge in [0.1, 0.15) is 5.75 Å². The van der Waals surface area contributed by atoms with Crippen molar-refractivity contribution in [1.29, 1.82) is 5.26 Å². The molecule has 0 saturated carbocycles. The van der Waals surface area contributed by atoms with Crippen LogP contribution in [0.15, 0.2) is 24.3 Å². The van der Waals surface area contributed by atoms with E-state index in [-0.39, 0.29) is 12.5 Å². The zero-order chi connectivity index (χ0) is 13.7. The second-order valence-electron chi connectivity index (χ2n) is 4.56. The lowest BCUT2D eigenvalue weighted by Gasteiger charge is -2.29. The maximum Gasteiger partial charge on any atom is 0.260 e. The number of benzene rings is 1. The summed E-state index contributed by atoms with van der Waals surface area (Å²) in [6.45, 7) is 1.01. The number of likely N-dealkylation sites (tertiary alicyclic amines) is 1. The molecule has 0 bridgehead atoms. The highest BCUT2D eigenvalue weighted by atomic mass is 16.5. The lowest BCUT2D eigenvalue weighted by atomic mass is 10.1. The first-order valence-corrected chi connectivity index (χ1v) is 6.28. The molecule has 1 aliphatic heterocycles. The van der Waals surface area contributed by atoms with Gasteiger partial charge in [0.2, 0.25) is 0 Å².